The lowest BCUT2D eigenvalue weighted by Gasteiger charge is -2.20. The first-order chi connectivity index (χ1) is 17.2. The summed E-state index contributed by atoms with van der Waals surface area (Å²) < 4.78 is 10.0. The van der Waals surface area contributed by atoms with E-state index in [0.717, 1.165) is 6.20 Å². The summed E-state index contributed by atoms with van der Waals surface area (Å²) in [6.07, 6.45) is 0.752. The van der Waals surface area contributed by atoms with Crippen molar-refractivity contribution in [1.82, 2.24) is 10.3 Å². The van der Waals surface area contributed by atoms with Crippen LogP contribution in [0.2, 0.25) is 10.0 Å². The van der Waals surface area contributed by atoms with Crippen molar-refractivity contribution >= 4 is 35.1 Å². The van der Waals surface area contributed by atoms with Crippen molar-refractivity contribution in [1.29, 1.82) is 0 Å². The molecule has 2 aromatic carbocycles. The number of amides is 1. The predicted molar refractivity (Wildman–Crippen MR) is 134 cm³/mol. The average Bonchev–Trinajstić information content (AvgIpc) is 2.84. The minimum atomic E-state index is -1.03. The number of carbonyl (C=O) groups is 2. The van der Waals surface area contributed by atoms with Crippen molar-refractivity contribution < 1.29 is 29.3 Å². The number of benzene rings is 2. The highest BCUT2D eigenvalue weighted by molar-refractivity contribution is 6.42. The molecule has 1 aromatic heterocycles. The van der Waals surface area contributed by atoms with Crippen LogP contribution in [0.1, 0.15) is 46.3 Å². The summed E-state index contributed by atoms with van der Waals surface area (Å²) in [4.78, 5) is 40.5. The van der Waals surface area contributed by atoms with E-state index in [1.54, 1.807) is 31.2 Å². The Bertz CT molecular complexity index is 1340. The molecule has 3 aromatic rings. The van der Waals surface area contributed by atoms with Gasteiger partial charge in [0.05, 0.1) is 29.3 Å². The summed E-state index contributed by atoms with van der Waals surface area (Å²) in [7, 11) is 1.38. The molecule has 11 heteroatoms. The highest BCUT2D eigenvalue weighted by atomic mass is 35.5. The number of carbonyl (C=O) groups excluding carboxylic acids is 2. The highest BCUT2D eigenvalue weighted by Crippen LogP contribution is 2.37. The second-order valence-electron chi connectivity index (χ2n) is 7.73. The standard InChI is InChI=1S/C25H24Cl2N2O7/c1-3-36-25(34)16-12-29-24(33)22(23(16)32)15(14-5-7-20(35-2)19(30)9-14)10-21(31)28-11-13-4-6-17(26)18(27)8-13/h4-9,12,15,30H,3,10-11H2,1-2H3,(H,28,31)(H2,29,32,33)/t15-/m0/s1. The Morgan fingerprint density at radius 3 is 2.50 bits per heavy atom. The molecule has 1 atom stereocenters. The third-order valence-corrected chi connectivity index (χ3v) is 6.15. The summed E-state index contributed by atoms with van der Waals surface area (Å²) in [5, 5.41) is 24.6. The number of hydrogen-bond acceptors (Lipinski definition) is 7. The van der Waals surface area contributed by atoms with Crippen LogP contribution in [0.5, 0.6) is 17.2 Å². The van der Waals surface area contributed by atoms with Gasteiger partial charge in [-0.2, -0.15) is 0 Å². The molecule has 0 aliphatic heterocycles. The van der Waals surface area contributed by atoms with Crippen molar-refractivity contribution in [3.05, 3.63) is 85.2 Å². The molecule has 1 amide bonds. The van der Waals surface area contributed by atoms with Gasteiger partial charge >= 0.3 is 5.97 Å². The molecule has 0 saturated heterocycles. The van der Waals surface area contributed by atoms with Gasteiger partial charge in [-0.05, 0) is 42.3 Å². The van der Waals surface area contributed by atoms with E-state index in [9.17, 15) is 24.6 Å². The van der Waals surface area contributed by atoms with Crippen molar-refractivity contribution in [2.75, 3.05) is 13.7 Å². The maximum atomic E-state index is 12.9. The Morgan fingerprint density at radius 2 is 1.86 bits per heavy atom. The molecule has 36 heavy (non-hydrogen) atoms. The zero-order chi connectivity index (χ0) is 26.4. The van der Waals surface area contributed by atoms with Crippen molar-refractivity contribution in [2.45, 2.75) is 25.8 Å². The zero-order valence-electron chi connectivity index (χ0n) is 19.4. The number of phenols is 1. The van der Waals surface area contributed by atoms with Gasteiger partial charge in [0.2, 0.25) is 5.91 Å². The first kappa shape index (κ1) is 26.9. The largest absolute Gasteiger partial charge is 0.506 e. The average molecular weight is 535 g/mol. The topological polar surface area (TPSA) is 138 Å². The number of aromatic nitrogens is 1. The molecular formula is C25H24Cl2N2O7. The van der Waals surface area contributed by atoms with Gasteiger partial charge in [-0.1, -0.05) is 35.3 Å². The van der Waals surface area contributed by atoms with Crippen LogP contribution >= 0.6 is 23.2 Å². The molecule has 0 spiro atoms. The van der Waals surface area contributed by atoms with E-state index in [2.05, 4.69) is 10.3 Å². The molecule has 0 fully saturated rings. The molecular weight excluding hydrogens is 511 g/mol. The van der Waals surface area contributed by atoms with E-state index < -0.39 is 29.1 Å². The quantitative estimate of drug-likeness (QED) is 0.303. The maximum Gasteiger partial charge on any atom is 0.343 e. The van der Waals surface area contributed by atoms with E-state index in [4.69, 9.17) is 32.7 Å². The van der Waals surface area contributed by atoms with Gasteiger partial charge < -0.3 is 30.0 Å². The lowest BCUT2D eigenvalue weighted by molar-refractivity contribution is -0.121. The smallest absolute Gasteiger partial charge is 0.343 e. The summed E-state index contributed by atoms with van der Waals surface area (Å²) in [6, 6.07) is 9.25. The Kier molecular flexibility index (Phi) is 8.84. The van der Waals surface area contributed by atoms with Gasteiger partial charge in [0.25, 0.3) is 5.56 Å². The van der Waals surface area contributed by atoms with Crippen LogP contribution in [-0.2, 0) is 16.1 Å². The van der Waals surface area contributed by atoms with Gasteiger partial charge in [0, 0.05) is 25.1 Å². The van der Waals surface area contributed by atoms with E-state index >= 15 is 0 Å². The van der Waals surface area contributed by atoms with Crippen molar-refractivity contribution in [3.8, 4) is 17.2 Å². The lowest BCUT2D eigenvalue weighted by Crippen LogP contribution is -2.27. The highest BCUT2D eigenvalue weighted by Gasteiger charge is 2.28. The number of nitrogens with one attached hydrogen (secondary N) is 2. The number of ether oxygens (including phenoxy) is 2. The molecule has 0 radical (unpaired) electrons. The fourth-order valence-electron chi connectivity index (χ4n) is 3.64. The molecule has 0 unspecified atom stereocenters. The molecule has 190 valence electrons. The minimum absolute atomic E-state index is 0.0552. The minimum Gasteiger partial charge on any atom is -0.506 e. The van der Waals surface area contributed by atoms with E-state index in [-0.39, 0.29) is 42.2 Å². The predicted octanol–water partition coefficient (Wildman–Crippen LogP) is 4.12. The fraction of sp³-hybridized carbons (Fsp3) is 0.240. The first-order valence-electron chi connectivity index (χ1n) is 10.8. The van der Waals surface area contributed by atoms with Crippen LogP contribution in [0.15, 0.2) is 47.4 Å². The number of hydrogen-bond donors (Lipinski definition) is 4. The molecule has 0 aliphatic carbocycles. The van der Waals surface area contributed by atoms with Crippen LogP contribution in [-0.4, -0.2) is 40.8 Å². The van der Waals surface area contributed by atoms with Crippen molar-refractivity contribution in [3.63, 3.8) is 0 Å². The Labute approximate surface area is 216 Å². The molecule has 9 nitrogen and oxygen atoms in total. The number of aromatic amines is 1. The van der Waals surface area contributed by atoms with Gasteiger partial charge in [-0.15, -0.1) is 0 Å². The third kappa shape index (κ3) is 6.10. The SMILES string of the molecule is CCOC(=O)c1c[nH]c(=O)c([C@@H](CC(=O)NCc2ccc(Cl)c(Cl)c2)c2ccc(OC)c(O)c2)c1O. The number of esters is 1. The summed E-state index contributed by atoms with van der Waals surface area (Å²) in [6.45, 7) is 1.78. The first-order valence-corrected chi connectivity index (χ1v) is 11.6. The molecule has 0 bridgehead atoms. The number of halogens is 2. The van der Waals surface area contributed by atoms with Gasteiger partial charge in [0.15, 0.2) is 11.5 Å². The van der Waals surface area contributed by atoms with Gasteiger partial charge in [-0.3, -0.25) is 9.59 Å². The van der Waals surface area contributed by atoms with Gasteiger partial charge in [0.1, 0.15) is 11.3 Å². The molecule has 1 heterocycles. The molecule has 4 N–H and O–H groups in total. The fourth-order valence-corrected chi connectivity index (χ4v) is 3.96. The van der Waals surface area contributed by atoms with Gasteiger partial charge in [-0.25, -0.2) is 4.79 Å². The Hall–Kier alpha value is -3.69. The number of phenolic OH excluding ortho intramolecular Hbond substituents is 1. The van der Waals surface area contributed by atoms with Crippen LogP contribution in [0.25, 0.3) is 0 Å². The second kappa shape index (κ2) is 11.8. The molecule has 3 rings (SSSR count). The summed E-state index contributed by atoms with van der Waals surface area (Å²) in [5.74, 6) is -3.01. The second-order valence-corrected chi connectivity index (χ2v) is 8.54. The number of rotatable bonds is 9. The third-order valence-electron chi connectivity index (χ3n) is 5.41. The number of methoxy groups -OCH3 is 1. The zero-order valence-corrected chi connectivity index (χ0v) is 20.9. The Morgan fingerprint density at radius 1 is 1.11 bits per heavy atom. The van der Waals surface area contributed by atoms with E-state index in [0.29, 0.717) is 21.2 Å². The van der Waals surface area contributed by atoms with Crippen molar-refractivity contribution in [2.24, 2.45) is 0 Å². The Balaban J connectivity index is 1.99. The normalized spacial score (nSPS) is 11.6. The van der Waals surface area contributed by atoms with Crippen LogP contribution in [0, 0.1) is 0 Å². The molecule has 0 saturated carbocycles. The monoisotopic (exact) mass is 534 g/mol. The number of aromatic hydroxyl groups is 2. The van der Waals surface area contributed by atoms with E-state index in [1.165, 1.54) is 19.2 Å². The number of pyridine rings is 1. The lowest BCUT2D eigenvalue weighted by atomic mass is 9.87. The summed E-state index contributed by atoms with van der Waals surface area (Å²) in [5.41, 5.74) is -0.167. The van der Waals surface area contributed by atoms with Crippen LogP contribution in [0.4, 0.5) is 0 Å². The van der Waals surface area contributed by atoms with Crippen LogP contribution in [0.3, 0.4) is 0 Å². The summed E-state index contributed by atoms with van der Waals surface area (Å²) >= 11 is 12.0. The molecule has 0 aliphatic rings. The van der Waals surface area contributed by atoms with E-state index in [1.807, 2.05) is 0 Å². The number of H-pyrrole nitrogens is 1. The maximum absolute atomic E-state index is 12.9. The van der Waals surface area contributed by atoms with Crippen LogP contribution < -0.4 is 15.6 Å².